The molecule has 0 atom stereocenters. The van der Waals surface area contributed by atoms with Crippen LogP contribution in [0.5, 0.6) is 0 Å². The van der Waals surface area contributed by atoms with Crippen molar-refractivity contribution in [2.75, 3.05) is 6.61 Å². The van der Waals surface area contributed by atoms with E-state index in [-0.39, 0.29) is 12.0 Å². The molecule has 0 aliphatic rings. The Morgan fingerprint density at radius 2 is 1.85 bits per heavy atom. The van der Waals surface area contributed by atoms with E-state index in [1.165, 1.54) is 0 Å². The molecule has 13 heavy (non-hydrogen) atoms. The van der Waals surface area contributed by atoms with Gasteiger partial charge >= 0.3 is 0 Å². The standard InChI is InChI=1S/C11H22O2/c1-3-11(4-2,7-5-9-12)8-6-10-13/h5,9,12-13H,3-4,6-8,10H2,1-2H3. The zero-order valence-electron chi connectivity index (χ0n) is 8.79. The first kappa shape index (κ1) is 12.5. The molecule has 0 aromatic rings. The van der Waals surface area contributed by atoms with Crippen LogP contribution in [0.1, 0.15) is 46.0 Å². The van der Waals surface area contributed by atoms with Crippen LogP contribution in [0.2, 0.25) is 0 Å². The Balaban J connectivity index is 4.12. The molecule has 2 nitrogen and oxygen atoms in total. The van der Waals surface area contributed by atoms with Gasteiger partial charge in [0.1, 0.15) is 0 Å². The van der Waals surface area contributed by atoms with Crippen LogP contribution in [-0.2, 0) is 0 Å². The first-order valence-electron chi connectivity index (χ1n) is 5.14. The van der Waals surface area contributed by atoms with Crippen LogP contribution < -0.4 is 0 Å². The Morgan fingerprint density at radius 3 is 2.23 bits per heavy atom. The van der Waals surface area contributed by atoms with Crippen LogP contribution in [0.25, 0.3) is 0 Å². The maximum atomic E-state index is 8.78. The van der Waals surface area contributed by atoms with Crippen molar-refractivity contribution in [3.05, 3.63) is 12.3 Å². The third kappa shape index (κ3) is 4.32. The molecule has 2 N–H and O–H groups in total. The molecule has 0 bridgehead atoms. The molecule has 0 fully saturated rings. The Bertz CT molecular complexity index is 137. The van der Waals surface area contributed by atoms with Crippen molar-refractivity contribution in [3.8, 4) is 0 Å². The average Bonchev–Trinajstić information content (AvgIpc) is 2.20. The van der Waals surface area contributed by atoms with Crippen molar-refractivity contribution in [3.63, 3.8) is 0 Å². The van der Waals surface area contributed by atoms with E-state index in [0.29, 0.717) is 0 Å². The quantitative estimate of drug-likeness (QED) is 0.600. The van der Waals surface area contributed by atoms with Crippen LogP contribution in [0.3, 0.4) is 0 Å². The first-order chi connectivity index (χ1) is 6.24. The predicted molar refractivity (Wildman–Crippen MR) is 55.7 cm³/mol. The third-order valence-corrected chi connectivity index (χ3v) is 3.02. The summed E-state index contributed by atoms with van der Waals surface area (Å²) < 4.78 is 0. The fourth-order valence-electron chi connectivity index (χ4n) is 1.75. The van der Waals surface area contributed by atoms with Crippen molar-refractivity contribution in [2.45, 2.75) is 46.0 Å². The summed E-state index contributed by atoms with van der Waals surface area (Å²) in [6, 6.07) is 0. The van der Waals surface area contributed by atoms with Crippen LogP contribution >= 0.6 is 0 Å². The molecule has 0 radical (unpaired) electrons. The Labute approximate surface area is 81.3 Å². The Kier molecular flexibility index (Phi) is 6.69. The van der Waals surface area contributed by atoms with Gasteiger partial charge in [0, 0.05) is 6.61 Å². The lowest BCUT2D eigenvalue weighted by Crippen LogP contribution is -2.18. The Morgan fingerprint density at radius 1 is 1.23 bits per heavy atom. The molecule has 0 aromatic carbocycles. The molecule has 0 unspecified atom stereocenters. The highest BCUT2D eigenvalue weighted by atomic mass is 16.3. The molecule has 0 aromatic heterocycles. The fraction of sp³-hybridized carbons (Fsp3) is 0.818. The summed E-state index contributed by atoms with van der Waals surface area (Å²) in [5.41, 5.74) is 0.280. The van der Waals surface area contributed by atoms with Crippen LogP contribution in [0.4, 0.5) is 0 Å². The van der Waals surface area contributed by atoms with E-state index < -0.39 is 0 Å². The number of aliphatic hydroxyl groups excluding tert-OH is 2. The molecule has 0 aliphatic carbocycles. The van der Waals surface area contributed by atoms with Crippen molar-refractivity contribution in [1.82, 2.24) is 0 Å². The summed E-state index contributed by atoms with van der Waals surface area (Å²) in [6.45, 7) is 4.61. The second-order valence-electron chi connectivity index (χ2n) is 3.62. The zero-order valence-corrected chi connectivity index (χ0v) is 8.79. The fourth-order valence-corrected chi connectivity index (χ4v) is 1.75. The highest BCUT2D eigenvalue weighted by molar-refractivity contribution is 4.86. The van der Waals surface area contributed by atoms with Crippen molar-refractivity contribution in [2.24, 2.45) is 5.41 Å². The van der Waals surface area contributed by atoms with Gasteiger partial charge in [-0.25, -0.2) is 0 Å². The van der Waals surface area contributed by atoms with Gasteiger partial charge in [0.15, 0.2) is 0 Å². The van der Waals surface area contributed by atoms with Gasteiger partial charge in [0.25, 0.3) is 0 Å². The van der Waals surface area contributed by atoms with E-state index in [2.05, 4.69) is 13.8 Å². The average molecular weight is 186 g/mol. The molecular formula is C11H22O2. The second-order valence-corrected chi connectivity index (χ2v) is 3.62. The van der Waals surface area contributed by atoms with Gasteiger partial charge < -0.3 is 10.2 Å². The second kappa shape index (κ2) is 6.96. The van der Waals surface area contributed by atoms with E-state index in [1.807, 2.05) is 6.08 Å². The summed E-state index contributed by atoms with van der Waals surface area (Å²) in [5.74, 6) is 0. The van der Waals surface area contributed by atoms with E-state index >= 15 is 0 Å². The number of rotatable bonds is 7. The summed E-state index contributed by atoms with van der Waals surface area (Å²) in [6.07, 6.45) is 7.96. The minimum atomic E-state index is 0.268. The maximum absolute atomic E-state index is 8.78. The molecule has 0 heterocycles. The molecule has 0 spiro atoms. The monoisotopic (exact) mass is 186 g/mol. The SMILES string of the molecule is CCC(CC)(CC=CO)CCCO. The topological polar surface area (TPSA) is 40.5 Å². The molecular weight excluding hydrogens is 164 g/mol. The van der Waals surface area contributed by atoms with Gasteiger partial charge in [0.05, 0.1) is 6.26 Å². The molecule has 78 valence electrons. The van der Waals surface area contributed by atoms with Gasteiger partial charge in [-0.3, -0.25) is 0 Å². The summed E-state index contributed by atoms with van der Waals surface area (Å²) in [7, 11) is 0. The van der Waals surface area contributed by atoms with Gasteiger partial charge in [0.2, 0.25) is 0 Å². The third-order valence-electron chi connectivity index (χ3n) is 3.02. The smallest absolute Gasteiger partial charge is 0.0751 e. The number of hydrogen-bond acceptors (Lipinski definition) is 2. The molecule has 0 aliphatic heterocycles. The molecule has 0 amide bonds. The van der Waals surface area contributed by atoms with Gasteiger partial charge in [-0.1, -0.05) is 26.7 Å². The molecule has 0 saturated carbocycles. The maximum Gasteiger partial charge on any atom is 0.0751 e. The zero-order chi connectivity index (χ0) is 10.2. The van der Waals surface area contributed by atoms with Crippen LogP contribution in [-0.4, -0.2) is 16.8 Å². The number of aliphatic hydroxyl groups is 2. The van der Waals surface area contributed by atoms with Crippen molar-refractivity contribution < 1.29 is 10.2 Å². The first-order valence-corrected chi connectivity index (χ1v) is 5.14. The lowest BCUT2D eigenvalue weighted by atomic mass is 9.75. The molecule has 0 saturated heterocycles. The van der Waals surface area contributed by atoms with Gasteiger partial charge in [-0.05, 0) is 30.8 Å². The van der Waals surface area contributed by atoms with Crippen molar-refractivity contribution >= 4 is 0 Å². The van der Waals surface area contributed by atoms with Crippen molar-refractivity contribution in [1.29, 1.82) is 0 Å². The highest BCUT2D eigenvalue weighted by Gasteiger charge is 2.23. The summed E-state index contributed by atoms with van der Waals surface area (Å²) in [4.78, 5) is 0. The van der Waals surface area contributed by atoms with E-state index in [9.17, 15) is 0 Å². The number of allylic oxidation sites excluding steroid dienone is 1. The highest BCUT2D eigenvalue weighted by Crippen LogP contribution is 2.35. The lowest BCUT2D eigenvalue weighted by molar-refractivity contribution is 0.198. The van der Waals surface area contributed by atoms with E-state index in [1.54, 1.807) is 0 Å². The summed E-state index contributed by atoms with van der Waals surface area (Å²) >= 11 is 0. The van der Waals surface area contributed by atoms with E-state index in [0.717, 1.165) is 38.4 Å². The van der Waals surface area contributed by atoms with E-state index in [4.69, 9.17) is 10.2 Å². The minimum Gasteiger partial charge on any atom is -0.516 e. The largest absolute Gasteiger partial charge is 0.516 e. The normalized spacial score (nSPS) is 12.5. The minimum absolute atomic E-state index is 0.268. The molecule has 2 heteroatoms. The Hall–Kier alpha value is -0.500. The van der Waals surface area contributed by atoms with Gasteiger partial charge in [-0.2, -0.15) is 0 Å². The summed E-state index contributed by atoms with van der Waals surface area (Å²) in [5, 5.41) is 17.4. The predicted octanol–water partition coefficient (Wildman–Crippen LogP) is 3.03. The van der Waals surface area contributed by atoms with Gasteiger partial charge in [-0.15, -0.1) is 0 Å². The lowest BCUT2D eigenvalue weighted by Gasteiger charge is -2.30. The van der Waals surface area contributed by atoms with Crippen LogP contribution in [0, 0.1) is 5.41 Å². The molecule has 0 rings (SSSR count). The number of hydrogen-bond donors (Lipinski definition) is 2. The van der Waals surface area contributed by atoms with Crippen LogP contribution in [0.15, 0.2) is 12.3 Å².